The Bertz CT molecular complexity index is 476. The number of hydrogen-bond acceptors (Lipinski definition) is 2. The molecule has 0 radical (unpaired) electrons. The average Bonchev–Trinajstić information content (AvgIpc) is 3.20. The van der Waals surface area contributed by atoms with Crippen LogP contribution in [0.1, 0.15) is 18.4 Å². The predicted octanol–water partition coefficient (Wildman–Crippen LogP) is 2.50. The molecule has 100 valence electrons. The largest absolute Gasteiger partial charge is 0.399 e. The summed E-state index contributed by atoms with van der Waals surface area (Å²) in [5.74, 6) is 0.164. The van der Waals surface area contributed by atoms with E-state index in [1.54, 1.807) is 17.1 Å². The molecule has 0 aromatic heterocycles. The molecule has 0 spiro atoms. The first-order valence-corrected chi connectivity index (χ1v) is 6.51. The molecule has 1 aliphatic rings. The summed E-state index contributed by atoms with van der Waals surface area (Å²) in [7, 11) is 0. The molecule has 3 nitrogen and oxygen atoms in total. The maximum absolute atomic E-state index is 12.7. The summed E-state index contributed by atoms with van der Waals surface area (Å²) >= 11 is 0. The van der Waals surface area contributed by atoms with Gasteiger partial charge in [0.05, 0.1) is 5.41 Å². The summed E-state index contributed by atoms with van der Waals surface area (Å²) in [6.45, 7) is 8.53. The summed E-state index contributed by atoms with van der Waals surface area (Å²) < 4.78 is 0. The zero-order valence-corrected chi connectivity index (χ0v) is 11.1. The van der Waals surface area contributed by atoms with Crippen LogP contribution in [0.5, 0.6) is 0 Å². The summed E-state index contributed by atoms with van der Waals surface area (Å²) in [5.41, 5.74) is 7.14. The molecule has 1 fully saturated rings. The van der Waals surface area contributed by atoms with Gasteiger partial charge in [-0.15, -0.1) is 13.2 Å². The van der Waals surface area contributed by atoms with Crippen molar-refractivity contribution in [3.8, 4) is 0 Å². The number of benzene rings is 1. The molecule has 0 unspecified atom stereocenters. The summed E-state index contributed by atoms with van der Waals surface area (Å²) in [4.78, 5) is 14.5. The molecule has 0 bridgehead atoms. The molecule has 0 aliphatic heterocycles. The van der Waals surface area contributed by atoms with E-state index in [-0.39, 0.29) is 11.3 Å². The van der Waals surface area contributed by atoms with Gasteiger partial charge >= 0.3 is 0 Å². The van der Waals surface area contributed by atoms with Gasteiger partial charge in [-0.05, 0) is 30.5 Å². The van der Waals surface area contributed by atoms with Gasteiger partial charge in [0.1, 0.15) is 0 Å². The molecule has 3 heteroatoms. The lowest BCUT2D eigenvalue weighted by Crippen LogP contribution is -2.39. The molecule has 0 heterocycles. The third-order valence-electron chi connectivity index (χ3n) is 3.61. The fourth-order valence-corrected chi connectivity index (χ4v) is 2.41. The lowest BCUT2D eigenvalue weighted by atomic mass is 9.94. The Morgan fingerprint density at radius 3 is 2.16 bits per heavy atom. The second-order valence-corrected chi connectivity index (χ2v) is 4.99. The fraction of sp³-hybridized carbons (Fsp3) is 0.312. The van der Waals surface area contributed by atoms with Crippen LogP contribution >= 0.6 is 0 Å². The molecule has 0 saturated heterocycles. The van der Waals surface area contributed by atoms with E-state index in [0.29, 0.717) is 13.1 Å². The first-order valence-electron chi connectivity index (χ1n) is 6.51. The van der Waals surface area contributed by atoms with Crippen LogP contribution in [0.2, 0.25) is 0 Å². The van der Waals surface area contributed by atoms with Crippen molar-refractivity contribution in [3.63, 3.8) is 0 Å². The highest BCUT2D eigenvalue weighted by Gasteiger charge is 2.52. The number of nitrogens with two attached hydrogens (primary N) is 1. The lowest BCUT2D eigenvalue weighted by Gasteiger charge is -2.25. The molecular weight excluding hydrogens is 236 g/mol. The van der Waals surface area contributed by atoms with Crippen LogP contribution in [0, 0.1) is 0 Å². The van der Waals surface area contributed by atoms with Gasteiger partial charge < -0.3 is 10.6 Å². The summed E-state index contributed by atoms with van der Waals surface area (Å²) in [6.07, 6.45) is 5.31. The minimum atomic E-state index is -0.347. The normalized spacial score (nSPS) is 15.6. The van der Waals surface area contributed by atoms with E-state index in [0.717, 1.165) is 24.1 Å². The number of hydrogen-bond donors (Lipinski definition) is 1. The van der Waals surface area contributed by atoms with E-state index in [2.05, 4.69) is 13.2 Å². The Balaban J connectivity index is 2.23. The van der Waals surface area contributed by atoms with Gasteiger partial charge in [0, 0.05) is 18.8 Å². The Labute approximate surface area is 114 Å². The maximum Gasteiger partial charge on any atom is 0.233 e. The van der Waals surface area contributed by atoms with Gasteiger partial charge in [-0.1, -0.05) is 24.3 Å². The maximum atomic E-state index is 12.7. The van der Waals surface area contributed by atoms with E-state index >= 15 is 0 Å². The van der Waals surface area contributed by atoms with Crippen LogP contribution in [-0.4, -0.2) is 23.9 Å². The Morgan fingerprint density at radius 1 is 1.21 bits per heavy atom. The second-order valence-electron chi connectivity index (χ2n) is 4.99. The number of carbonyl (C=O) groups is 1. The van der Waals surface area contributed by atoms with Crippen LogP contribution in [0.15, 0.2) is 49.6 Å². The van der Waals surface area contributed by atoms with Gasteiger partial charge in [0.25, 0.3) is 0 Å². The highest BCUT2D eigenvalue weighted by Crippen LogP contribution is 2.49. The highest BCUT2D eigenvalue weighted by atomic mass is 16.2. The number of nitrogens with zero attached hydrogens (tertiary/aromatic N) is 1. The predicted molar refractivity (Wildman–Crippen MR) is 78.7 cm³/mol. The minimum absolute atomic E-state index is 0.164. The van der Waals surface area contributed by atoms with Crippen LogP contribution in [-0.2, 0) is 10.2 Å². The first-order chi connectivity index (χ1) is 9.14. The third-order valence-corrected chi connectivity index (χ3v) is 3.61. The van der Waals surface area contributed by atoms with E-state index in [1.165, 1.54) is 0 Å². The van der Waals surface area contributed by atoms with Gasteiger partial charge in [-0.25, -0.2) is 0 Å². The molecule has 1 aliphatic carbocycles. The molecule has 1 aromatic carbocycles. The van der Waals surface area contributed by atoms with Crippen molar-refractivity contribution in [2.45, 2.75) is 18.3 Å². The number of amides is 1. The SMILES string of the molecule is C=CCN(CC=C)C(=O)C1(c2ccc(N)cc2)CC1. The Kier molecular flexibility index (Phi) is 3.74. The topological polar surface area (TPSA) is 46.3 Å². The average molecular weight is 256 g/mol. The molecule has 19 heavy (non-hydrogen) atoms. The van der Waals surface area contributed by atoms with Crippen LogP contribution in [0.3, 0.4) is 0 Å². The van der Waals surface area contributed by atoms with Crippen LogP contribution < -0.4 is 5.73 Å². The Morgan fingerprint density at radius 2 is 1.74 bits per heavy atom. The number of anilines is 1. The van der Waals surface area contributed by atoms with Gasteiger partial charge in [0.15, 0.2) is 0 Å². The number of rotatable bonds is 6. The molecule has 0 atom stereocenters. The van der Waals surface area contributed by atoms with Crippen LogP contribution in [0.25, 0.3) is 0 Å². The summed E-state index contributed by atoms with van der Waals surface area (Å²) in [5, 5.41) is 0. The standard InChI is InChI=1S/C16H20N2O/c1-3-11-18(12-4-2)15(19)16(9-10-16)13-5-7-14(17)8-6-13/h3-8H,1-2,9-12,17H2. The van der Waals surface area contributed by atoms with E-state index < -0.39 is 0 Å². The van der Waals surface area contributed by atoms with Crippen molar-refractivity contribution in [2.75, 3.05) is 18.8 Å². The quantitative estimate of drug-likeness (QED) is 0.628. The molecule has 1 amide bonds. The van der Waals surface area contributed by atoms with E-state index in [9.17, 15) is 4.79 Å². The van der Waals surface area contributed by atoms with Gasteiger partial charge in [-0.2, -0.15) is 0 Å². The fourth-order valence-electron chi connectivity index (χ4n) is 2.41. The van der Waals surface area contributed by atoms with Crippen LogP contribution in [0.4, 0.5) is 5.69 Å². The van der Waals surface area contributed by atoms with Gasteiger partial charge in [-0.3, -0.25) is 4.79 Å². The molecular formula is C16H20N2O. The Hall–Kier alpha value is -2.03. The molecule has 2 rings (SSSR count). The molecule has 1 saturated carbocycles. The first kappa shape index (κ1) is 13.4. The zero-order valence-electron chi connectivity index (χ0n) is 11.1. The molecule has 1 aromatic rings. The van der Waals surface area contributed by atoms with Crippen molar-refractivity contribution in [1.82, 2.24) is 4.90 Å². The third kappa shape index (κ3) is 2.55. The number of carbonyl (C=O) groups excluding carboxylic acids is 1. The van der Waals surface area contributed by atoms with Crippen molar-refractivity contribution in [3.05, 3.63) is 55.1 Å². The van der Waals surface area contributed by atoms with Crippen molar-refractivity contribution in [2.24, 2.45) is 0 Å². The van der Waals surface area contributed by atoms with Gasteiger partial charge in [0.2, 0.25) is 5.91 Å². The minimum Gasteiger partial charge on any atom is -0.399 e. The van der Waals surface area contributed by atoms with Crippen molar-refractivity contribution in [1.29, 1.82) is 0 Å². The lowest BCUT2D eigenvalue weighted by molar-refractivity contribution is -0.132. The van der Waals surface area contributed by atoms with E-state index in [4.69, 9.17) is 5.73 Å². The molecule has 2 N–H and O–H groups in total. The zero-order chi connectivity index (χ0) is 13.9. The number of nitrogen functional groups attached to an aromatic ring is 1. The van der Waals surface area contributed by atoms with E-state index in [1.807, 2.05) is 24.3 Å². The monoisotopic (exact) mass is 256 g/mol. The highest BCUT2D eigenvalue weighted by molar-refractivity contribution is 5.91. The smallest absolute Gasteiger partial charge is 0.233 e. The summed E-state index contributed by atoms with van der Waals surface area (Å²) in [6, 6.07) is 7.63. The second kappa shape index (κ2) is 5.31. The van der Waals surface area contributed by atoms with Crippen molar-refractivity contribution < 1.29 is 4.79 Å². The van der Waals surface area contributed by atoms with Crippen molar-refractivity contribution >= 4 is 11.6 Å².